The van der Waals surface area contributed by atoms with Gasteiger partial charge in [-0.05, 0) is 44.0 Å². The molecular weight excluding hydrogens is 294 g/mol. The topological polar surface area (TPSA) is 29.5 Å². The van der Waals surface area contributed by atoms with Crippen molar-refractivity contribution in [2.24, 2.45) is 0 Å². The summed E-state index contributed by atoms with van der Waals surface area (Å²) in [6.07, 6.45) is 1.79. The van der Waals surface area contributed by atoms with Crippen molar-refractivity contribution in [3.8, 4) is 0 Å². The quantitative estimate of drug-likeness (QED) is 0.840. The number of piperidine rings is 1. The molecule has 1 fully saturated rings. The molecular formula is C14H18BrNO2. The fourth-order valence-electron chi connectivity index (χ4n) is 2.16. The number of hydrogen-bond donors (Lipinski definition) is 0. The average Bonchev–Trinajstić information content (AvgIpc) is 2.40. The summed E-state index contributed by atoms with van der Waals surface area (Å²) in [6, 6.07) is 7.51. The van der Waals surface area contributed by atoms with E-state index >= 15 is 0 Å². The largest absolute Gasteiger partial charge is 0.378 e. The van der Waals surface area contributed by atoms with E-state index in [9.17, 15) is 4.79 Å². The third-order valence-corrected chi connectivity index (χ3v) is 4.22. The van der Waals surface area contributed by atoms with E-state index in [-0.39, 0.29) is 11.5 Å². The zero-order valence-electron chi connectivity index (χ0n) is 10.8. The summed E-state index contributed by atoms with van der Waals surface area (Å²) >= 11 is 3.37. The van der Waals surface area contributed by atoms with Crippen LogP contribution in [0.15, 0.2) is 28.7 Å². The Labute approximate surface area is 116 Å². The van der Waals surface area contributed by atoms with Gasteiger partial charge in [0.2, 0.25) is 0 Å². The Balaban J connectivity index is 2.01. The van der Waals surface area contributed by atoms with Gasteiger partial charge in [-0.3, -0.25) is 4.79 Å². The normalized spacial score (nSPS) is 18.7. The van der Waals surface area contributed by atoms with Crippen LogP contribution in [0.5, 0.6) is 0 Å². The molecule has 0 spiro atoms. The zero-order chi connectivity index (χ0) is 13.2. The van der Waals surface area contributed by atoms with Gasteiger partial charge in [0.05, 0.1) is 5.60 Å². The van der Waals surface area contributed by atoms with Crippen molar-refractivity contribution in [3.05, 3.63) is 34.3 Å². The molecule has 1 heterocycles. The first-order valence-corrected chi connectivity index (χ1v) is 6.93. The number of carbonyl (C=O) groups excluding carboxylic acids is 1. The number of amides is 1. The van der Waals surface area contributed by atoms with Gasteiger partial charge in [0.25, 0.3) is 5.91 Å². The summed E-state index contributed by atoms with van der Waals surface area (Å²) in [6.45, 7) is 3.63. The molecule has 1 amide bonds. The summed E-state index contributed by atoms with van der Waals surface area (Å²) in [5.41, 5.74) is 0.676. The molecule has 1 aliphatic heterocycles. The van der Waals surface area contributed by atoms with E-state index < -0.39 is 0 Å². The Morgan fingerprint density at radius 1 is 1.28 bits per heavy atom. The number of carbonyl (C=O) groups is 1. The smallest absolute Gasteiger partial charge is 0.253 e. The number of halogens is 1. The monoisotopic (exact) mass is 311 g/mol. The van der Waals surface area contributed by atoms with E-state index in [1.807, 2.05) is 29.2 Å². The molecule has 1 aromatic rings. The minimum absolute atomic E-state index is 0.0729. The van der Waals surface area contributed by atoms with Gasteiger partial charge in [-0.25, -0.2) is 0 Å². The molecule has 0 aliphatic carbocycles. The molecule has 0 saturated carbocycles. The van der Waals surface area contributed by atoms with Crippen molar-refractivity contribution < 1.29 is 9.53 Å². The van der Waals surface area contributed by atoms with E-state index in [0.29, 0.717) is 0 Å². The second kappa shape index (κ2) is 5.41. The molecule has 0 bridgehead atoms. The van der Waals surface area contributed by atoms with Crippen molar-refractivity contribution in [3.63, 3.8) is 0 Å². The van der Waals surface area contributed by atoms with E-state index in [1.165, 1.54) is 0 Å². The number of likely N-dealkylation sites (tertiary alicyclic amines) is 1. The maximum atomic E-state index is 12.3. The third kappa shape index (κ3) is 2.93. The molecule has 3 nitrogen and oxygen atoms in total. The molecule has 1 aliphatic rings. The third-order valence-electron chi connectivity index (χ3n) is 3.69. The standard InChI is InChI=1S/C14H18BrNO2/c1-14(18-2)7-9-16(10-8-14)13(17)11-3-5-12(15)6-4-11/h3-6H,7-10H2,1-2H3. The highest BCUT2D eigenvalue weighted by Crippen LogP contribution is 2.26. The van der Waals surface area contributed by atoms with Crippen LogP contribution in [0, 0.1) is 0 Å². The Hall–Kier alpha value is -0.870. The lowest BCUT2D eigenvalue weighted by Crippen LogP contribution is -2.46. The van der Waals surface area contributed by atoms with Crippen LogP contribution < -0.4 is 0 Å². The second-order valence-electron chi connectivity index (χ2n) is 4.95. The van der Waals surface area contributed by atoms with E-state index in [4.69, 9.17) is 4.74 Å². The number of rotatable bonds is 2. The van der Waals surface area contributed by atoms with E-state index in [1.54, 1.807) is 7.11 Å². The molecule has 18 heavy (non-hydrogen) atoms. The summed E-state index contributed by atoms with van der Waals surface area (Å²) in [7, 11) is 1.74. The highest BCUT2D eigenvalue weighted by molar-refractivity contribution is 9.10. The number of nitrogens with zero attached hydrogens (tertiary/aromatic N) is 1. The lowest BCUT2D eigenvalue weighted by Gasteiger charge is -2.38. The van der Waals surface area contributed by atoms with Gasteiger partial charge in [0, 0.05) is 30.2 Å². The molecule has 2 rings (SSSR count). The fourth-order valence-corrected chi connectivity index (χ4v) is 2.43. The average molecular weight is 312 g/mol. The van der Waals surface area contributed by atoms with E-state index in [2.05, 4.69) is 22.9 Å². The molecule has 1 aromatic carbocycles. The lowest BCUT2D eigenvalue weighted by molar-refractivity contribution is -0.0379. The summed E-state index contributed by atoms with van der Waals surface area (Å²) in [5.74, 6) is 0.112. The van der Waals surface area contributed by atoms with Gasteiger partial charge in [-0.1, -0.05) is 15.9 Å². The molecule has 1 saturated heterocycles. The Bertz CT molecular complexity index is 422. The predicted octanol–water partition coefficient (Wildman–Crippen LogP) is 3.09. The van der Waals surface area contributed by atoms with E-state index in [0.717, 1.165) is 36.0 Å². The van der Waals surface area contributed by atoms with Crippen LogP contribution in [0.3, 0.4) is 0 Å². The number of benzene rings is 1. The van der Waals surface area contributed by atoms with Crippen molar-refractivity contribution in [2.75, 3.05) is 20.2 Å². The van der Waals surface area contributed by atoms with Crippen molar-refractivity contribution >= 4 is 21.8 Å². The fraction of sp³-hybridized carbons (Fsp3) is 0.500. The van der Waals surface area contributed by atoms with Crippen LogP contribution in [0.2, 0.25) is 0 Å². The number of ether oxygens (including phenoxy) is 1. The van der Waals surface area contributed by atoms with Crippen LogP contribution in [0.4, 0.5) is 0 Å². The SMILES string of the molecule is COC1(C)CCN(C(=O)c2ccc(Br)cc2)CC1. The van der Waals surface area contributed by atoms with Gasteiger partial charge in [0.1, 0.15) is 0 Å². The van der Waals surface area contributed by atoms with Crippen molar-refractivity contribution in [1.82, 2.24) is 4.90 Å². The second-order valence-corrected chi connectivity index (χ2v) is 5.87. The van der Waals surface area contributed by atoms with Gasteiger partial charge in [-0.2, -0.15) is 0 Å². The van der Waals surface area contributed by atoms with Gasteiger partial charge < -0.3 is 9.64 Å². The summed E-state index contributed by atoms with van der Waals surface area (Å²) in [5, 5.41) is 0. The van der Waals surface area contributed by atoms with Crippen LogP contribution in [-0.4, -0.2) is 36.6 Å². The Kier molecular flexibility index (Phi) is 4.07. The summed E-state index contributed by atoms with van der Waals surface area (Å²) < 4.78 is 6.47. The van der Waals surface area contributed by atoms with Crippen molar-refractivity contribution in [2.45, 2.75) is 25.4 Å². The molecule has 4 heteroatoms. The zero-order valence-corrected chi connectivity index (χ0v) is 12.4. The van der Waals surface area contributed by atoms with Crippen LogP contribution >= 0.6 is 15.9 Å². The number of methoxy groups -OCH3 is 1. The first kappa shape index (κ1) is 13.6. The van der Waals surface area contributed by atoms with Crippen LogP contribution in [-0.2, 0) is 4.74 Å². The highest BCUT2D eigenvalue weighted by Gasteiger charge is 2.31. The molecule has 98 valence electrons. The van der Waals surface area contributed by atoms with Gasteiger partial charge in [-0.15, -0.1) is 0 Å². The first-order valence-electron chi connectivity index (χ1n) is 6.14. The van der Waals surface area contributed by atoms with Crippen LogP contribution in [0.1, 0.15) is 30.1 Å². The maximum Gasteiger partial charge on any atom is 0.253 e. The van der Waals surface area contributed by atoms with Crippen LogP contribution in [0.25, 0.3) is 0 Å². The molecule has 0 radical (unpaired) electrons. The highest BCUT2D eigenvalue weighted by atomic mass is 79.9. The maximum absolute atomic E-state index is 12.3. The van der Waals surface area contributed by atoms with Crippen molar-refractivity contribution in [1.29, 1.82) is 0 Å². The predicted molar refractivity (Wildman–Crippen MR) is 74.7 cm³/mol. The first-order chi connectivity index (χ1) is 8.54. The Morgan fingerprint density at radius 3 is 2.33 bits per heavy atom. The number of hydrogen-bond acceptors (Lipinski definition) is 2. The minimum Gasteiger partial charge on any atom is -0.378 e. The van der Waals surface area contributed by atoms with Gasteiger partial charge in [0.15, 0.2) is 0 Å². The molecule has 0 atom stereocenters. The Morgan fingerprint density at radius 2 is 1.83 bits per heavy atom. The molecule has 0 aromatic heterocycles. The van der Waals surface area contributed by atoms with Gasteiger partial charge >= 0.3 is 0 Å². The lowest BCUT2D eigenvalue weighted by atomic mass is 9.93. The minimum atomic E-state index is -0.0729. The molecule has 0 N–H and O–H groups in total. The summed E-state index contributed by atoms with van der Waals surface area (Å²) in [4.78, 5) is 14.2. The molecule has 0 unspecified atom stereocenters.